The van der Waals surface area contributed by atoms with Crippen molar-refractivity contribution in [1.82, 2.24) is 0 Å². The third-order valence-corrected chi connectivity index (χ3v) is 4.74. The van der Waals surface area contributed by atoms with Gasteiger partial charge in [0.25, 0.3) is 0 Å². The van der Waals surface area contributed by atoms with Crippen molar-refractivity contribution in [3.8, 4) is 0 Å². The first-order valence-electron chi connectivity index (χ1n) is 5.26. The Balaban J connectivity index is 2.07. The van der Waals surface area contributed by atoms with E-state index in [1.807, 2.05) is 0 Å². The van der Waals surface area contributed by atoms with Crippen molar-refractivity contribution in [2.75, 3.05) is 0 Å². The Morgan fingerprint density at radius 2 is 1.58 bits per heavy atom. The second kappa shape index (κ2) is 2.25. The average Bonchev–Trinajstić information content (AvgIpc) is 2.42. The van der Waals surface area contributed by atoms with Crippen LogP contribution in [-0.4, -0.2) is 6.04 Å². The minimum Gasteiger partial charge on any atom is -0.327 e. The van der Waals surface area contributed by atoms with Gasteiger partial charge >= 0.3 is 0 Å². The number of hydrogen-bond donors (Lipinski definition) is 1. The van der Waals surface area contributed by atoms with E-state index in [1.54, 1.807) is 0 Å². The summed E-state index contributed by atoms with van der Waals surface area (Å²) in [5.74, 6) is 0.944. The molecule has 1 nitrogen and oxygen atoms in total. The summed E-state index contributed by atoms with van der Waals surface area (Å²) in [6.07, 6.45) is 5.55. The van der Waals surface area contributed by atoms with Crippen molar-refractivity contribution in [2.24, 2.45) is 22.5 Å². The maximum absolute atomic E-state index is 6.16. The first kappa shape index (κ1) is 8.55. The third kappa shape index (κ3) is 0.834. The van der Waals surface area contributed by atoms with Crippen molar-refractivity contribution < 1.29 is 0 Å². The molecule has 1 atom stereocenters. The Hall–Kier alpha value is -0.0400. The molecule has 2 aliphatic rings. The number of hydrogen-bond acceptors (Lipinski definition) is 1. The first-order chi connectivity index (χ1) is 5.51. The van der Waals surface area contributed by atoms with Crippen LogP contribution in [0.3, 0.4) is 0 Å². The van der Waals surface area contributed by atoms with Crippen LogP contribution in [0.4, 0.5) is 0 Å². The van der Waals surface area contributed by atoms with E-state index < -0.39 is 0 Å². The van der Waals surface area contributed by atoms with Gasteiger partial charge in [0, 0.05) is 6.04 Å². The molecule has 2 fully saturated rings. The highest BCUT2D eigenvalue weighted by Gasteiger charge is 2.68. The Labute approximate surface area is 75.7 Å². The molecule has 0 radical (unpaired) electrons. The Bertz CT molecular complexity index is 187. The molecule has 0 aromatic carbocycles. The molecule has 1 spiro atoms. The van der Waals surface area contributed by atoms with Crippen LogP contribution in [0.5, 0.6) is 0 Å². The zero-order valence-electron chi connectivity index (χ0n) is 8.56. The van der Waals surface area contributed by atoms with E-state index in [2.05, 4.69) is 20.8 Å². The summed E-state index contributed by atoms with van der Waals surface area (Å²) in [6, 6.07) is 0.484. The standard InChI is InChI=1S/C11H21N/c1-8-4-6-11(7-5-8)9(12)10(11,2)3/h8-9H,4-7,12H2,1-3H3. The molecule has 2 saturated carbocycles. The fourth-order valence-corrected chi connectivity index (χ4v) is 3.22. The largest absolute Gasteiger partial charge is 0.327 e. The zero-order chi connectivity index (χ0) is 8.98. The lowest BCUT2D eigenvalue weighted by molar-refractivity contribution is 0.223. The van der Waals surface area contributed by atoms with E-state index in [4.69, 9.17) is 5.73 Å². The summed E-state index contributed by atoms with van der Waals surface area (Å²) in [4.78, 5) is 0. The van der Waals surface area contributed by atoms with Gasteiger partial charge in [0.15, 0.2) is 0 Å². The van der Waals surface area contributed by atoms with Crippen LogP contribution in [0, 0.1) is 16.7 Å². The lowest BCUT2D eigenvalue weighted by Crippen LogP contribution is -2.20. The summed E-state index contributed by atoms with van der Waals surface area (Å²) in [6.45, 7) is 7.05. The lowest BCUT2D eigenvalue weighted by atomic mass is 9.76. The number of nitrogens with two attached hydrogens (primary N) is 1. The third-order valence-electron chi connectivity index (χ3n) is 4.74. The Kier molecular flexibility index (Phi) is 1.61. The molecular formula is C11H21N. The molecule has 0 amide bonds. The van der Waals surface area contributed by atoms with Gasteiger partial charge in [-0.3, -0.25) is 0 Å². The molecule has 0 aliphatic heterocycles. The van der Waals surface area contributed by atoms with Crippen molar-refractivity contribution >= 4 is 0 Å². The van der Waals surface area contributed by atoms with Crippen LogP contribution < -0.4 is 5.73 Å². The minimum absolute atomic E-state index is 0.438. The smallest absolute Gasteiger partial charge is 0.0159 e. The quantitative estimate of drug-likeness (QED) is 0.589. The molecule has 0 heterocycles. The van der Waals surface area contributed by atoms with Crippen LogP contribution in [0.2, 0.25) is 0 Å². The van der Waals surface area contributed by atoms with Crippen molar-refractivity contribution in [3.05, 3.63) is 0 Å². The summed E-state index contributed by atoms with van der Waals surface area (Å²) in [7, 11) is 0. The van der Waals surface area contributed by atoms with E-state index >= 15 is 0 Å². The molecule has 70 valence electrons. The molecule has 0 saturated heterocycles. The van der Waals surface area contributed by atoms with Gasteiger partial charge in [-0.05, 0) is 29.6 Å². The summed E-state index contributed by atoms with van der Waals surface area (Å²) >= 11 is 0. The van der Waals surface area contributed by atoms with Gasteiger partial charge in [0.05, 0.1) is 0 Å². The zero-order valence-corrected chi connectivity index (χ0v) is 8.56. The van der Waals surface area contributed by atoms with Gasteiger partial charge in [0.2, 0.25) is 0 Å². The predicted molar refractivity (Wildman–Crippen MR) is 51.8 cm³/mol. The van der Waals surface area contributed by atoms with Crippen molar-refractivity contribution in [3.63, 3.8) is 0 Å². The lowest BCUT2D eigenvalue weighted by Gasteiger charge is -2.29. The fourth-order valence-electron chi connectivity index (χ4n) is 3.22. The van der Waals surface area contributed by atoms with Crippen LogP contribution in [-0.2, 0) is 0 Å². The molecule has 2 N–H and O–H groups in total. The summed E-state index contributed by atoms with van der Waals surface area (Å²) in [5.41, 5.74) is 7.13. The average molecular weight is 167 g/mol. The van der Waals surface area contributed by atoms with Gasteiger partial charge < -0.3 is 5.73 Å². The molecular weight excluding hydrogens is 146 g/mol. The van der Waals surface area contributed by atoms with Gasteiger partial charge in [-0.2, -0.15) is 0 Å². The predicted octanol–water partition coefficient (Wildman–Crippen LogP) is 2.55. The minimum atomic E-state index is 0.438. The Morgan fingerprint density at radius 3 is 1.92 bits per heavy atom. The highest BCUT2D eigenvalue weighted by Crippen LogP contribution is 2.69. The van der Waals surface area contributed by atoms with E-state index in [0.29, 0.717) is 16.9 Å². The maximum Gasteiger partial charge on any atom is 0.0159 e. The van der Waals surface area contributed by atoms with E-state index in [0.717, 1.165) is 5.92 Å². The van der Waals surface area contributed by atoms with E-state index in [1.165, 1.54) is 25.7 Å². The van der Waals surface area contributed by atoms with Crippen LogP contribution >= 0.6 is 0 Å². The van der Waals surface area contributed by atoms with Crippen LogP contribution in [0.1, 0.15) is 46.5 Å². The molecule has 2 aliphatic carbocycles. The first-order valence-corrected chi connectivity index (χ1v) is 5.26. The molecule has 2 rings (SSSR count). The van der Waals surface area contributed by atoms with Gasteiger partial charge in [-0.1, -0.05) is 33.6 Å². The normalized spacial score (nSPS) is 51.0. The number of rotatable bonds is 0. The molecule has 0 bridgehead atoms. The molecule has 12 heavy (non-hydrogen) atoms. The maximum atomic E-state index is 6.16. The second-order valence-electron chi connectivity index (χ2n) is 5.54. The second-order valence-corrected chi connectivity index (χ2v) is 5.54. The van der Waals surface area contributed by atoms with Crippen LogP contribution in [0.25, 0.3) is 0 Å². The van der Waals surface area contributed by atoms with Gasteiger partial charge in [0.1, 0.15) is 0 Å². The molecule has 0 aromatic heterocycles. The molecule has 1 unspecified atom stereocenters. The Morgan fingerprint density at radius 1 is 1.17 bits per heavy atom. The summed E-state index contributed by atoms with van der Waals surface area (Å²) in [5, 5.41) is 0. The highest BCUT2D eigenvalue weighted by atomic mass is 14.9. The van der Waals surface area contributed by atoms with Crippen molar-refractivity contribution in [1.29, 1.82) is 0 Å². The summed E-state index contributed by atoms with van der Waals surface area (Å²) < 4.78 is 0. The topological polar surface area (TPSA) is 26.0 Å². The van der Waals surface area contributed by atoms with Crippen LogP contribution in [0.15, 0.2) is 0 Å². The molecule has 0 aromatic rings. The van der Waals surface area contributed by atoms with Gasteiger partial charge in [-0.15, -0.1) is 0 Å². The van der Waals surface area contributed by atoms with Gasteiger partial charge in [-0.25, -0.2) is 0 Å². The molecule has 1 heteroatoms. The SMILES string of the molecule is CC1CCC2(CC1)C(N)C2(C)C. The highest BCUT2D eigenvalue weighted by molar-refractivity contribution is 5.21. The monoisotopic (exact) mass is 167 g/mol. The van der Waals surface area contributed by atoms with E-state index in [-0.39, 0.29) is 0 Å². The van der Waals surface area contributed by atoms with E-state index in [9.17, 15) is 0 Å². The fraction of sp³-hybridized carbons (Fsp3) is 1.00. The van der Waals surface area contributed by atoms with Crippen molar-refractivity contribution in [2.45, 2.75) is 52.5 Å².